The molecule has 2 aromatic carbocycles. The van der Waals surface area contributed by atoms with Gasteiger partial charge in [0.2, 0.25) is 5.91 Å². The molecule has 188 valence electrons. The molecule has 0 saturated carbocycles. The summed E-state index contributed by atoms with van der Waals surface area (Å²) in [4.78, 5) is 36.5. The molecule has 1 unspecified atom stereocenters. The Labute approximate surface area is 217 Å². The summed E-state index contributed by atoms with van der Waals surface area (Å²) >= 11 is 0. The van der Waals surface area contributed by atoms with Gasteiger partial charge in [0, 0.05) is 35.5 Å². The van der Waals surface area contributed by atoms with E-state index in [1.54, 1.807) is 12.3 Å². The molecule has 1 aromatic heterocycles. The number of hydrogen-bond donors (Lipinski definition) is 1. The Morgan fingerprint density at radius 1 is 0.973 bits per heavy atom. The predicted molar refractivity (Wildman–Crippen MR) is 145 cm³/mol. The molecule has 0 radical (unpaired) electrons. The van der Waals surface area contributed by atoms with Gasteiger partial charge in [-0.05, 0) is 67.1 Å². The molecular formula is C31H31N3O3. The molecule has 1 aliphatic carbocycles. The molecule has 3 aromatic rings. The van der Waals surface area contributed by atoms with E-state index in [1.807, 2.05) is 74.5 Å². The average molecular weight is 494 g/mol. The molecule has 5 rings (SSSR count). The maximum atomic E-state index is 13.7. The van der Waals surface area contributed by atoms with Crippen LogP contribution in [-0.2, 0) is 9.59 Å². The van der Waals surface area contributed by atoms with Gasteiger partial charge in [0.15, 0.2) is 5.78 Å². The SMILES string of the molecule is CC1=NC2=C(C(=O)CC(C)(C)C2)[C@H](c2cccc(Oc3ccccc3)c2)C1C(=O)Nc1ccc(C)cn1. The number of carbonyl (C=O) groups excluding carboxylic acids is 2. The largest absolute Gasteiger partial charge is 0.457 e. The van der Waals surface area contributed by atoms with E-state index in [0.29, 0.717) is 35.7 Å². The molecule has 6 nitrogen and oxygen atoms in total. The van der Waals surface area contributed by atoms with E-state index in [2.05, 4.69) is 24.1 Å². The van der Waals surface area contributed by atoms with E-state index >= 15 is 0 Å². The smallest absolute Gasteiger partial charge is 0.235 e. The second-order valence-corrected chi connectivity index (χ2v) is 10.7. The number of nitrogens with one attached hydrogen (secondary N) is 1. The monoisotopic (exact) mass is 493 g/mol. The number of benzene rings is 2. The lowest BCUT2D eigenvalue weighted by Crippen LogP contribution is -2.41. The van der Waals surface area contributed by atoms with Crippen molar-refractivity contribution in [2.75, 3.05) is 5.32 Å². The summed E-state index contributed by atoms with van der Waals surface area (Å²) in [5, 5.41) is 2.95. The van der Waals surface area contributed by atoms with E-state index in [4.69, 9.17) is 9.73 Å². The number of ether oxygens (including phenoxy) is 1. The fraction of sp³-hybridized carbons (Fsp3) is 0.290. The number of carbonyl (C=O) groups is 2. The second kappa shape index (κ2) is 9.77. The molecule has 2 heterocycles. The standard InChI is InChI=1S/C31H31N3O3/c1-19-13-14-26(32-18-19)34-30(36)27-20(2)33-24-16-31(3,4)17-25(35)29(24)28(27)21-9-8-12-23(15-21)37-22-10-6-5-7-11-22/h5-15,18,27-28H,16-17H2,1-4H3,(H,32,34,36)/t27?,28-/m1/s1. The number of nitrogens with zero attached hydrogens (tertiary/aromatic N) is 2. The number of amides is 1. The number of anilines is 1. The van der Waals surface area contributed by atoms with Gasteiger partial charge >= 0.3 is 0 Å². The van der Waals surface area contributed by atoms with Gasteiger partial charge in [-0.1, -0.05) is 50.2 Å². The van der Waals surface area contributed by atoms with E-state index in [1.165, 1.54) is 0 Å². The Morgan fingerprint density at radius 2 is 1.73 bits per heavy atom. The first-order valence-electron chi connectivity index (χ1n) is 12.6. The van der Waals surface area contributed by atoms with E-state index in [9.17, 15) is 9.59 Å². The van der Waals surface area contributed by atoms with Crippen LogP contribution in [-0.4, -0.2) is 22.4 Å². The van der Waals surface area contributed by atoms with Crippen molar-refractivity contribution in [3.8, 4) is 11.5 Å². The van der Waals surface area contributed by atoms with Gasteiger partial charge in [0.25, 0.3) is 0 Å². The highest BCUT2D eigenvalue weighted by Gasteiger charge is 2.45. The van der Waals surface area contributed by atoms with Crippen molar-refractivity contribution in [3.05, 3.63) is 95.3 Å². The zero-order chi connectivity index (χ0) is 26.2. The summed E-state index contributed by atoms with van der Waals surface area (Å²) < 4.78 is 6.09. The summed E-state index contributed by atoms with van der Waals surface area (Å²) in [6.45, 7) is 8.00. The maximum Gasteiger partial charge on any atom is 0.235 e. The van der Waals surface area contributed by atoms with Crippen LogP contribution in [0.2, 0.25) is 0 Å². The van der Waals surface area contributed by atoms with Gasteiger partial charge in [-0.15, -0.1) is 0 Å². The van der Waals surface area contributed by atoms with Crippen LogP contribution >= 0.6 is 0 Å². The third-order valence-corrected chi connectivity index (χ3v) is 6.94. The third kappa shape index (κ3) is 5.24. The number of ketones is 1. The molecule has 1 aliphatic heterocycles. The molecule has 1 amide bonds. The highest BCUT2D eigenvalue weighted by molar-refractivity contribution is 6.13. The highest BCUT2D eigenvalue weighted by Crippen LogP contribution is 2.48. The highest BCUT2D eigenvalue weighted by atomic mass is 16.5. The minimum absolute atomic E-state index is 0.0492. The number of para-hydroxylation sites is 1. The molecule has 1 N–H and O–H groups in total. The molecule has 2 atom stereocenters. The quantitative estimate of drug-likeness (QED) is 0.432. The number of aromatic nitrogens is 1. The molecule has 0 saturated heterocycles. The van der Waals surface area contributed by atoms with Gasteiger partial charge < -0.3 is 10.1 Å². The van der Waals surface area contributed by atoms with Crippen molar-refractivity contribution in [3.63, 3.8) is 0 Å². The fourth-order valence-corrected chi connectivity index (χ4v) is 5.29. The Morgan fingerprint density at radius 3 is 2.46 bits per heavy atom. The van der Waals surface area contributed by atoms with Crippen molar-refractivity contribution in [2.45, 2.75) is 46.5 Å². The van der Waals surface area contributed by atoms with Crippen LogP contribution in [0, 0.1) is 18.3 Å². The zero-order valence-electron chi connectivity index (χ0n) is 21.6. The van der Waals surface area contributed by atoms with Crippen LogP contribution in [0.15, 0.2) is 89.2 Å². The minimum atomic E-state index is -0.654. The van der Waals surface area contributed by atoms with E-state index < -0.39 is 11.8 Å². The number of pyridine rings is 1. The van der Waals surface area contributed by atoms with Crippen LogP contribution in [0.5, 0.6) is 11.5 Å². The topological polar surface area (TPSA) is 80.6 Å². The van der Waals surface area contributed by atoms with Gasteiger partial charge in [-0.2, -0.15) is 0 Å². The number of aliphatic imine (C=N–C) groups is 1. The summed E-state index contributed by atoms with van der Waals surface area (Å²) in [6, 6.07) is 20.9. The molecule has 2 aliphatic rings. The van der Waals surface area contributed by atoms with Gasteiger partial charge in [0.1, 0.15) is 17.3 Å². The van der Waals surface area contributed by atoms with Crippen molar-refractivity contribution in [2.24, 2.45) is 16.3 Å². The Bertz CT molecular complexity index is 1410. The third-order valence-electron chi connectivity index (χ3n) is 6.94. The first-order chi connectivity index (χ1) is 17.7. The van der Waals surface area contributed by atoms with Gasteiger partial charge in [0.05, 0.1) is 5.92 Å². The first kappa shape index (κ1) is 24.6. The lowest BCUT2D eigenvalue weighted by molar-refractivity contribution is -0.119. The van der Waals surface area contributed by atoms with E-state index in [0.717, 1.165) is 22.6 Å². The van der Waals surface area contributed by atoms with Crippen LogP contribution in [0.3, 0.4) is 0 Å². The van der Waals surface area contributed by atoms with Crippen molar-refractivity contribution in [1.82, 2.24) is 4.98 Å². The van der Waals surface area contributed by atoms with Crippen LogP contribution in [0.25, 0.3) is 0 Å². The zero-order valence-corrected chi connectivity index (χ0v) is 21.6. The van der Waals surface area contributed by atoms with Gasteiger partial charge in [-0.25, -0.2) is 4.98 Å². The molecule has 6 heteroatoms. The van der Waals surface area contributed by atoms with Gasteiger partial charge in [-0.3, -0.25) is 14.6 Å². The second-order valence-electron chi connectivity index (χ2n) is 10.7. The minimum Gasteiger partial charge on any atom is -0.457 e. The Kier molecular flexibility index (Phi) is 6.50. The summed E-state index contributed by atoms with van der Waals surface area (Å²) in [5.74, 6) is 0.526. The normalized spacial score (nSPS) is 20.6. The predicted octanol–water partition coefficient (Wildman–Crippen LogP) is 6.64. The van der Waals surface area contributed by atoms with Crippen molar-refractivity contribution >= 4 is 23.2 Å². The average Bonchev–Trinajstić information content (AvgIpc) is 2.84. The molecule has 0 bridgehead atoms. The lowest BCUT2D eigenvalue weighted by Gasteiger charge is -2.39. The van der Waals surface area contributed by atoms with Crippen LogP contribution in [0.1, 0.15) is 50.7 Å². The Balaban J connectivity index is 1.56. The lowest BCUT2D eigenvalue weighted by atomic mass is 9.66. The summed E-state index contributed by atoms with van der Waals surface area (Å²) in [7, 11) is 0. The van der Waals surface area contributed by atoms with Crippen LogP contribution in [0.4, 0.5) is 5.82 Å². The maximum absolute atomic E-state index is 13.7. The number of Topliss-reactive ketones (excluding diaryl/α,β-unsaturated/α-hetero) is 1. The molecular weight excluding hydrogens is 462 g/mol. The van der Waals surface area contributed by atoms with E-state index in [-0.39, 0.29) is 17.1 Å². The molecule has 0 spiro atoms. The number of hydrogen-bond acceptors (Lipinski definition) is 5. The van der Waals surface area contributed by atoms with Crippen molar-refractivity contribution in [1.29, 1.82) is 0 Å². The van der Waals surface area contributed by atoms with Crippen molar-refractivity contribution < 1.29 is 14.3 Å². The summed E-state index contributed by atoms with van der Waals surface area (Å²) in [6.07, 6.45) is 2.83. The Hall–Kier alpha value is -4.06. The molecule has 0 fully saturated rings. The number of rotatable bonds is 5. The van der Waals surface area contributed by atoms with Crippen LogP contribution < -0.4 is 10.1 Å². The molecule has 37 heavy (non-hydrogen) atoms. The number of allylic oxidation sites excluding steroid dienone is 2. The number of aryl methyl sites for hydroxylation is 1. The summed E-state index contributed by atoms with van der Waals surface area (Å²) in [5.41, 5.74) is 3.79. The first-order valence-corrected chi connectivity index (χ1v) is 12.6. The fourth-order valence-electron chi connectivity index (χ4n) is 5.29.